The fourth-order valence-corrected chi connectivity index (χ4v) is 5.29. The first-order valence-corrected chi connectivity index (χ1v) is 11.3. The number of rotatable bonds is 3. The molecule has 6 nitrogen and oxygen atoms in total. The molecule has 0 radical (unpaired) electrons. The maximum Gasteiger partial charge on any atom is 0.189 e. The molecular formula is C26H24N6. The summed E-state index contributed by atoms with van der Waals surface area (Å²) in [6.07, 6.45) is 8.12. The summed E-state index contributed by atoms with van der Waals surface area (Å²) >= 11 is 0. The van der Waals surface area contributed by atoms with Crippen LogP contribution in [0.4, 0.5) is 22.9 Å². The molecule has 3 aliphatic rings. The number of aliphatic imine (C=N–C) groups is 1. The van der Waals surface area contributed by atoms with Gasteiger partial charge in [-0.05, 0) is 62.4 Å². The van der Waals surface area contributed by atoms with Crippen molar-refractivity contribution in [3.63, 3.8) is 0 Å². The van der Waals surface area contributed by atoms with Gasteiger partial charge in [-0.1, -0.05) is 18.6 Å². The van der Waals surface area contributed by atoms with Crippen LogP contribution in [0.25, 0.3) is 4.85 Å². The highest BCUT2D eigenvalue weighted by Crippen LogP contribution is 2.49. The Balaban J connectivity index is 1.37. The Kier molecular flexibility index (Phi) is 4.32. The van der Waals surface area contributed by atoms with Crippen molar-refractivity contribution in [2.45, 2.75) is 50.9 Å². The molecular weight excluding hydrogens is 396 g/mol. The van der Waals surface area contributed by atoms with Gasteiger partial charge in [-0.15, -0.1) is 0 Å². The van der Waals surface area contributed by atoms with Crippen molar-refractivity contribution in [3.05, 3.63) is 76.8 Å². The van der Waals surface area contributed by atoms with Gasteiger partial charge in [-0.2, -0.15) is 0 Å². The molecule has 0 N–H and O–H groups in total. The summed E-state index contributed by atoms with van der Waals surface area (Å²) in [5.41, 5.74) is 7.45. The Morgan fingerprint density at radius 3 is 2.75 bits per heavy atom. The van der Waals surface area contributed by atoms with Crippen molar-refractivity contribution in [2.75, 3.05) is 11.4 Å². The Bertz CT molecular complexity index is 1300. The second-order valence-corrected chi connectivity index (χ2v) is 8.98. The first kappa shape index (κ1) is 19.1. The summed E-state index contributed by atoms with van der Waals surface area (Å²) in [7, 11) is 0. The first-order chi connectivity index (χ1) is 15.7. The summed E-state index contributed by atoms with van der Waals surface area (Å²) in [6, 6.07) is 12.3. The van der Waals surface area contributed by atoms with E-state index in [2.05, 4.69) is 37.9 Å². The predicted molar refractivity (Wildman–Crippen MR) is 125 cm³/mol. The van der Waals surface area contributed by atoms with Crippen LogP contribution in [0.5, 0.6) is 0 Å². The van der Waals surface area contributed by atoms with Crippen molar-refractivity contribution in [1.29, 1.82) is 0 Å². The zero-order chi connectivity index (χ0) is 21.7. The molecule has 0 saturated heterocycles. The van der Waals surface area contributed by atoms with Gasteiger partial charge in [0.1, 0.15) is 11.6 Å². The molecule has 0 spiro atoms. The van der Waals surface area contributed by atoms with Gasteiger partial charge < -0.3 is 4.90 Å². The fraction of sp³-hybridized carbons (Fsp3) is 0.346. The smallest absolute Gasteiger partial charge is 0.189 e. The number of anilines is 2. The third-order valence-electron chi connectivity index (χ3n) is 7.14. The fourth-order valence-electron chi connectivity index (χ4n) is 5.29. The molecule has 6 heteroatoms. The zero-order valence-corrected chi connectivity index (χ0v) is 18.2. The average Bonchev–Trinajstić information content (AvgIpc) is 3.21. The van der Waals surface area contributed by atoms with E-state index in [1.165, 1.54) is 17.7 Å². The second kappa shape index (κ2) is 7.23. The third kappa shape index (κ3) is 2.92. The molecule has 2 aliphatic heterocycles. The van der Waals surface area contributed by atoms with Crippen LogP contribution in [0, 0.1) is 13.5 Å². The van der Waals surface area contributed by atoms with Gasteiger partial charge in [0.25, 0.3) is 0 Å². The lowest BCUT2D eigenvalue weighted by Crippen LogP contribution is -2.43. The summed E-state index contributed by atoms with van der Waals surface area (Å²) < 4.78 is 0. The Morgan fingerprint density at radius 2 is 1.97 bits per heavy atom. The molecule has 2 aromatic heterocycles. The number of hydrogen-bond acceptors (Lipinski definition) is 5. The minimum Gasteiger partial charge on any atom is -0.325 e. The lowest BCUT2D eigenvalue weighted by Gasteiger charge is -2.42. The van der Waals surface area contributed by atoms with E-state index in [4.69, 9.17) is 16.5 Å². The van der Waals surface area contributed by atoms with Crippen LogP contribution in [-0.2, 0) is 18.3 Å². The SMILES string of the molecule is [C-]#[N+]c1ccc2c(c1)N=C(C1(c3ccc4c(n3)CCCN4c3ccnc(C)n3)CCC1)C2. The molecule has 1 aromatic carbocycles. The summed E-state index contributed by atoms with van der Waals surface area (Å²) in [4.78, 5) is 25.0. The number of nitrogens with zero attached hydrogens (tertiary/aromatic N) is 6. The van der Waals surface area contributed by atoms with Gasteiger partial charge in [-0.3, -0.25) is 9.98 Å². The highest BCUT2D eigenvalue weighted by molar-refractivity contribution is 6.02. The van der Waals surface area contributed by atoms with E-state index in [1.54, 1.807) is 0 Å². The van der Waals surface area contributed by atoms with Crippen LogP contribution in [0.3, 0.4) is 0 Å². The van der Waals surface area contributed by atoms with Gasteiger partial charge in [0.05, 0.1) is 34.7 Å². The summed E-state index contributed by atoms with van der Waals surface area (Å²) in [5.74, 6) is 1.73. The molecule has 4 heterocycles. The topological polar surface area (TPSA) is 58.6 Å². The van der Waals surface area contributed by atoms with Crippen molar-refractivity contribution < 1.29 is 0 Å². The van der Waals surface area contributed by atoms with Crippen molar-refractivity contribution >= 4 is 28.6 Å². The quantitative estimate of drug-likeness (QED) is 0.520. The third-order valence-corrected chi connectivity index (χ3v) is 7.14. The van der Waals surface area contributed by atoms with E-state index < -0.39 is 0 Å². The minimum atomic E-state index is -0.0693. The number of aromatic nitrogens is 3. The lowest BCUT2D eigenvalue weighted by atomic mass is 9.62. The summed E-state index contributed by atoms with van der Waals surface area (Å²) in [5, 5.41) is 0. The van der Waals surface area contributed by atoms with Crippen LogP contribution in [0.1, 0.15) is 48.5 Å². The standard InChI is InChI=1S/C26H24N6/c1-17-28-13-10-25(29-17)32-14-3-5-20-22(32)8-9-23(30-20)26(11-4-12-26)24-15-18-6-7-19(27-2)16-21(18)31-24/h6-10,13,16H,3-5,11-12,14-15H2,1H3. The van der Waals surface area contributed by atoms with Crippen LogP contribution < -0.4 is 4.90 Å². The summed E-state index contributed by atoms with van der Waals surface area (Å²) in [6.45, 7) is 10.2. The number of hydrogen-bond donors (Lipinski definition) is 0. The average molecular weight is 421 g/mol. The van der Waals surface area contributed by atoms with E-state index in [9.17, 15) is 0 Å². The van der Waals surface area contributed by atoms with Gasteiger partial charge in [0, 0.05) is 24.9 Å². The largest absolute Gasteiger partial charge is 0.325 e. The molecule has 158 valence electrons. The van der Waals surface area contributed by atoms with Gasteiger partial charge in [-0.25, -0.2) is 14.8 Å². The predicted octanol–water partition coefficient (Wildman–Crippen LogP) is 5.57. The Labute approximate surface area is 187 Å². The van der Waals surface area contributed by atoms with E-state index in [0.717, 1.165) is 73.1 Å². The van der Waals surface area contributed by atoms with Crippen molar-refractivity contribution in [1.82, 2.24) is 15.0 Å². The van der Waals surface area contributed by atoms with Gasteiger partial charge in [0.2, 0.25) is 0 Å². The maximum atomic E-state index is 7.29. The van der Waals surface area contributed by atoms with E-state index in [1.807, 2.05) is 31.3 Å². The van der Waals surface area contributed by atoms with Crippen LogP contribution in [-0.4, -0.2) is 27.2 Å². The molecule has 32 heavy (non-hydrogen) atoms. The number of benzene rings is 1. The van der Waals surface area contributed by atoms with Crippen LogP contribution in [0.2, 0.25) is 0 Å². The Hall–Kier alpha value is -3.59. The molecule has 6 rings (SSSR count). The number of pyridine rings is 1. The molecule has 0 atom stereocenters. The number of fused-ring (bicyclic) bond motifs is 2. The molecule has 1 aliphatic carbocycles. The molecule has 3 aromatic rings. The lowest BCUT2D eigenvalue weighted by molar-refractivity contribution is 0.329. The Morgan fingerprint density at radius 1 is 1.06 bits per heavy atom. The number of aryl methyl sites for hydroxylation is 2. The van der Waals surface area contributed by atoms with E-state index in [-0.39, 0.29) is 5.41 Å². The van der Waals surface area contributed by atoms with Crippen molar-refractivity contribution in [2.24, 2.45) is 4.99 Å². The maximum absolute atomic E-state index is 7.29. The molecule has 1 fully saturated rings. The van der Waals surface area contributed by atoms with E-state index in [0.29, 0.717) is 5.69 Å². The van der Waals surface area contributed by atoms with Crippen LogP contribution in [0.15, 0.2) is 47.6 Å². The highest BCUT2D eigenvalue weighted by atomic mass is 15.2. The monoisotopic (exact) mass is 420 g/mol. The van der Waals surface area contributed by atoms with Gasteiger partial charge >= 0.3 is 0 Å². The molecule has 0 bridgehead atoms. The van der Waals surface area contributed by atoms with Crippen molar-refractivity contribution in [3.8, 4) is 0 Å². The zero-order valence-electron chi connectivity index (χ0n) is 18.2. The molecule has 0 unspecified atom stereocenters. The van der Waals surface area contributed by atoms with Gasteiger partial charge in [0.15, 0.2) is 5.69 Å². The van der Waals surface area contributed by atoms with E-state index >= 15 is 0 Å². The van der Waals surface area contributed by atoms with Crippen LogP contribution >= 0.6 is 0 Å². The minimum absolute atomic E-state index is 0.0693. The second-order valence-electron chi connectivity index (χ2n) is 8.98. The highest BCUT2D eigenvalue weighted by Gasteiger charge is 2.46. The molecule has 0 amide bonds. The molecule has 1 saturated carbocycles. The normalized spacial score (nSPS) is 18.2. The first-order valence-electron chi connectivity index (χ1n) is 11.3.